The first-order chi connectivity index (χ1) is 8.08. The van der Waals surface area contributed by atoms with E-state index in [4.69, 9.17) is 0 Å². The summed E-state index contributed by atoms with van der Waals surface area (Å²) >= 11 is 0. The van der Waals surface area contributed by atoms with Crippen molar-refractivity contribution in [1.29, 1.82) is 0 Å². The minimum atomic E-state index is -0.811. The standard InChI is InChI=1S/C11H9FN2O3/c12-8-4-2-1-3-7(8)6-14-10(16)5-9(15)13-11(14)17/h1-4H,5-6H2,(H,13,15,17). The fraction of sp³-hybridized carbons (Fsp3) is 0.182. The van der Waals surface area contributed by atoms with Crippen LogP contribution < -0.4 is 5.32 Å². The number of amides is 4. The molecule has 0 spiro atoms. The van der Waals surface area contributed by atoms with Gasteiger partial charge in [0, 0.05) is 5.56 Å². The normalized spacial score (nSPS) is 16.1. The molecule has 1 aliphatic heterocycles. The Morgan fingerprint density at radius 2 is 1.94 bits per heavy atom. The van der Waals surface area contributed by atoms with Gasteiger partial charge in [0.2, 0.25) is 11.8 Å². The van der Waals surface area contributed by atoms with E-state index in [1.54, 1.807) is 6.07 Å². The van der Waals surface area contributed by atoms with Gasteiger partial charge in [-0.1, -0.05) is 18.2 Å². The molecule has 0 bridgehead atoms. The van der Waals surface area contributed by atoms with Crippen LogP contribution in [0.25, 0.3) is 0 Å². The molecule has 1 aromatic carbocycles. The van der Waals surface area contributed by atoms with Crippen LogP contribution in [0.4, 0.5) is 9.18 Å². The Kier molecular flexibility index (Phi) is 2.86. The second-order valence-corrected chi connectivity index (χ2v) is 3.60. The maximum Gasteiger partial charge on any atom is 0.331 e. The Labute approximate surface area is 96.2 Å². The minimum absolute atomic E-state index is 0.176. The van der Waals surface area contributed by atoms with Gasteiger partial charge in [0.1, 0.15) is 12.2 Å². The summed E-state index contributed by atoms with van der Waals surface area (Å²) in [6, 6.07) is 5.03. The van der Waals surface area contributed by atoms with Gasteiger partial charge in [-0.3, -0.25) is 19.8 Å². The summed E-state index contributed by atoms with van der Waals surface area (Å²) in [5, 5.41) is 2.00. The van der Waals surface area contributed by atoms with E-state index in [2.05, 4.69) is 0 Å². The number of carbonyl (C=O) groups is 3. The zero-order valence-corrected chi connectivity index (χ0v) is 8.77. The molecule has 1 aliphatic rings. The number of urea groups is 1. The number of nitrogens with one attached hydrogen (secondary N) is 1. The highest BCUT2D eigenvalue weighted by Gasteiger charge is 2.31. The smallest absolute Gasteiger partial charge is 0.277 e. The van der Waals surface area contributed by atoms with Crippen molar-refractivity contribution in [2.75, 3.05) is 0 Å². The number of benzene rings is 1. The van der Waals surface area contributed by atoms with Crippen molar-refractivity contribution in [3.63, 3.8) is 0 Å². The number of nitrogens with zero attached hydrogens (tertiary/aromatic N) is 1. The molecule has 1 fully saturated rings. The molecular formula is C11H9FN2O3. The summed E-state index contributed by atoms with van der Waals surface area (Å²) in [6.45, 7) is -0.176. The molecule has 17 heavy (non-hydrogen) atoms. The quantitative estimate of drug-likeness (QED) is 0.772. The first-order valence-electron chi connectivity index (χ1n) is 4.95. The van der Waals surface area contributed by atoms with Crippen molar-refractivity contribution in [3.8, 4) is 0 Å². The molecule has 1 saturated heterocycles. The van der Waals surface area contributed by atoms with Crippen molar-refractivity contribution in [2.24, 2.45) is 0 Å². The second kappa shape index (κ2) is 4.32. The molecule has 5 nitrogen and oxygen atoms in total. The molecule has 4 amide bonds. The lowest BCUT2D eigenvalue weighted by Crippen LogP contribution is -2.52. The van der Waals surface area contributed by atoms with Crippen LogP contribution in [-0.4, -0.2) is 22.7 Å². The van der Waals surface area contributed by atoms with Gasteiger partial charge in [-0.05, 0) is 6.07 Å². The fourth-order valence-corrected chi connectivity index (χ4v) is 1.53. The van der Waals surface area contributed by atoms with Gasteiger partial charge in [0.15, 0.2) is 0 Å². The number of barbiturate groups is 1. The topological polar surface area (TPSA) is 66.5 Å². The number of carbonyl (C=O) groups excluding carboxylic acids is 3. The monoisotopic (exact) mass is 236 g/mol. The first-order valence-corrected chi connectivity index (χ1v) is 4.95. The Morgan fingerprint density at radius 3 is 2.59 bits per heavy atom. The first kappa shape index (κ1) is 11.3. The molecule has 1 aromatic rings. The van der Waals surface area contributed by atoms with Crippen LogP contribution >= 0.6 is 0 Å². The molecule has 0 aliphatic carbocycles. The molecule has 0 atom stereocenters. The summed E-state index contributed by atoms with van der Waals surface area (Å²) in [4.78, 5) is 34.5. The van der Waals surface area contributed by atoms with Crippen LogP contribution in [0.1, 0.15) is 12.0 Å². The van der Waals surface area contributed by atoms with Crippen molar-refractivity contribution in [1.82, 2.24) is 10.2 Å². The van der Waals surface area contributed by atoms with Crippen molar-refractivity contribution < 1.29 is 18.8 Å². The van der Waals surface area contributed by atoms with E-state index < -0.39 is 23.7 Å². The fourth-order valence-electron chi connectivity index (χ4n) is 1.53. The summed E-state index contributed by atoms with van der Waals surface area (Å²) in [6.07, 6.45) is -0.389. The van der Waals surface area contributed by atoms with Gasteiger partial charge < -0.3 is 0 Å². The predicted octanol–water partition coefficient (Wildman–Crippen LogP) is 0.794. The molecule has 0 saturated carbocycles. The third kappa shape index (κ3) is 2.30. The Morgan fingerprint density at radius 1 is 1.24 bits per heavy atom. The molecule has 1 N–H and O–H groups in total. The molecule has 88 valence electrons. The summed E-state index contributed by atoms with van der Waals surface area (Å²) in [7, 11) is 0. The van der Waals surface area contributed by atoms with Gasteiger partial charge in [-0.25, -0.2) is 9.18 Å². The largest absolute Gasteiger partial charge is 0.331 e. The zero-order chi connectivity index (χ0) is 12.4. The maximum absolute atomic E-state index is 13.3. The number of imide groups is 2. The van der Waals surface area contributed by atoms with Crippen molar-refractivity contribution in [3.05, 3.63) is 35.6 Å². The van der Waals surface area contributed by atoms with Gasteiger partial charge in [-0.2, -0.15) is 0 Å². The van der Waals surface area contributed by atoms with E-state index in [-0.39, 0.29) is 18.5 Å². The number of halogens is 1. The molecule has 2 rings (SSSR count). The van der Waals surface area contributed by atoms with Crippen LogP contribution in [-0.2, 0) is 16.1 Å². The third-order valence-corrected chi connectivity index (χ3v) is 2.39. The summed E-state index contributed by atoms with van der Waals surface area (Å²) < 4.78 is 13.3. The van der Waals surface area contributed by atoms with Crippen molar-refractivity contribution >= 4 is 17.8 Å². The highest BCUT2D eigenvalue weighted by Crippen LogP contribution is 2.12. The van der Waals surface area contributed by atoms with Gasteiger partial charge >= 0.3 is 6.03 Å². The van der Waals surface area contributed by atoms with Crippen LogP contribution in [0.3, 0.4) is 0 Å². The highest BCUT2D eigenvalue weighted by atomic mass is 19.1. The van der Waals surface area contributed by atoms with E-state index in [0.29, 0.717) is 0 Å². The van der Waals surface area contributed by atoms with Gasteiger partial charge in [0.05, 0.1) is 6.54 Å². The molecule has 0 radical (unpaired) electrons. The lowest BCUT2D eigenvalue weighted by molar-refractivity contribution is -0.136. The molecule has 1 heterocycles. The lowest BCUT2D eigenvalue weighted by Gasteiger charge is -2.24. The second-order valence-electron chi connectivity index (χ2n) is 3.60. The van der Waals surface area contributed by atoms with E-state index >= 15 is 0 Å². The average Bonchev–Trinajstić information content (AvgIpc) is 2.25. The van der Waals surface area contributed by atoms with Crippen LogP contribution in [0.15, 0.2) is 24.3 Å². The lowest BCUT2D eigenvalue weighted by atomic mass is 10.2. The minimum Gasteiger partial charge on any atom is -0.277 e. The van der Waals surface area contributed by atoms with E-state index in [9.17, 15) is 18.8 Å². The third-order valence-electron chi connectivity index (χ3n) is 2.39. The van der Waals surface area contributed by atoms with Gasteiger partial charge in [-0.15, -0.1) is 0 Å². The number of rotatable bonds is 2. The zero-order valence-electron chi connectivity index (χ0n) is 8.77. The SMILES string of the molecule is O=C1CC(=O)N(Cc2ccccc2F)C(=O)N1. The molecule has 0 aromatic heterocycles. The van der Waals surface area contributed by atoms with Crippen LogP contribution in [0.5, 0.6) is 0 Å². The maximum atomic E-state index is 13.3. The Balaban J connectivity index is 2.19. The van der Waals surface area contributed by atoms with Gasteiger partial charge in [0.25, 0.3) is 0 Å². The number of hydrogen-bond donors (Lipinski definition) is 1. The summed E-state index contributed by atoms with van der Waals surface area (Å²) in [5.41, 5.74) is 0.227. The highest BCUT2D eigenvalue weighted by molar-refractivity contribution is 6.13. The van der Waals surface area contributed by atoms with E-state index in [1.807, 2.05) is 5.32 Å². The summed E-state index contributed by atoms with van der Waals surface area (Å²) in [5.74, 6) is -1.75. The van der Waals surface area contributed by atoms with E-state index in [1.165, 1.54) is 18.2 Å². The number of hydrogen-bond acceptors (Lipinski definition) is 3. The predicted molar refractivity (Wildman–Crippen MR) is 55.1 cm³/mol. The van der Waals surface area contributed by atoms with Crippen molar-refractivity contribution in [2.45, 2.75) is 13.0 Å². The van der Waals surface area contributed by atoms with E-state index in [0.717, 1.165) is 4.90 Å². The van der Waals surface area contributed by atoms with Crippen LogP contribution in [0.2, 0.25) is 0 Å². The molecule has 0 unspecified atom stereocenters. The van der Waals surface area contributed by atoms with Crippen LogP contribution in [0, 0.1) is 5.82 Å². The molecular weight excluding hydrogens is 227 g/mol. The molecule has 6 heteroatoms. The Bertz CT molecular complexity index is 481. The Hall–Kier alpha value is -2.24. The average molecular weight is 236 g/mol.